The van der Waals surface area contributed by atoms with E-state index in [1.165, 1.54) is 0 Å². The minimum absolute atomic E-state index is 0.119. The van der Waals surface area contributed by atoms with E-state index >= 15 is 0 Å². The molecule has 1 atom stereocenters. The molecule has 1 saturated carbocycles. The molecule has 0 bridgehead atoms. The molecular weight excluding hydrogens is 270 g/mol. The molecule has 1 aromatic rings. The molecule has 1 aliphatic heterocycles. The molecule has 2 N–H and O–H groups in total. The lowest BCUT2D eigenvalue weighted by Crippen LogP contribution is -2.51. The number of nitrogens with one attached hydrogen (secondary N) is 1. The van der Waals surface area contributed by atoms with E-state index in [9.17, 15) is 9.90 Å². The smallest absolute Gasteiger partial charge is 0.328 e. The van der Waals surface area contributed by atoms with E-state index in [0.717, 1.165) is 18.4 Å². The molecule has 1 aliphatic carbocycles. The standard InChI is InChI=1S/C16H21NO4/c18-15(19)16(17-13-6-7-13,12-4-2-1-3-5-12)8-9-21-14-10-20-11-14/h1-5,13-14,17H,6-11H2,(H,18,19). The van der Waals surface area contributed by atoms with Crippen LogP contribution in [0.5, 0.6) is 0 Å². The number of aliphatic carboxylic acids is 1. The lowest BCUT2D eigenvalue weighted by molar-refractivity contribution is -0.151. The molecule has 0 spiro atoms. The molecule has 1 saturated heterocycles. The van der Waals surface area contributed by atoms with Gasteiger partial charge in [-0.3, -0.25) is 5.32 Å². The van der Waals surface area contributed by atoms with Crippen LogP contribution in [0.25, 0.3) is 0 Å². The molecule has 0 aromatic heterocycles. The fraction of sp³-hybridized carbons (Fsp3) is 0.562. The number of carbonyl (C=O) groups is 1. The van der Waals surface area contributed by atoms with Gasteiger partial charge in [-0.2, -0.15) is 0 Å². The van der Waals surface area contributed by atoms with Crippen molar-refractivity contribution in [2.24, 2.45) is 0 Å². The summed E-state index contributed by atoms with van der Waals surface area (Å²) in [5.74, 6) is -0.839. The number of benzene rings is 1. The zero-order valence-electron chi connectivity index (χ0n) is 12.0. The van der Waals surface area contributed by atoms with Gasteiger partial charge in [-0.05, 0) is 18.4 Å². The second-order valence-corrected chi connectivity index (χ2v) is 5.78. The van der Waals surface area contributed by atoms with Crippen molar-refractivity contribution in [2.75, 3.05) is 19.8 Å². The molecule has 114 valence electrons. The molecule has 1 heterocycles. The monoisotopic (exact) mass is 291 g/mol. The summed E-state index contributed by atoms with van der Waals surface area (Å²) < 4.78 is 10.7. The predicted molar refractivity (Wildman–Crippen MR) is 77.1 cm³/mol. The van der Waals surface area contributed by atoms with E-state index in [1.54, 1.807) is 0 Å². The van der Waals surface area contributed by atoms with Gasteiger partial charge in [0.2, 0.25) is 0 Å². The predicted octanol–water partition coefficient (Wildman–Crippen LogP) is 1.52. The highest BCUT2D eigenvalue weighted by atomic mass is 16.6. The van der Waals surface area contributed by atoms with Crippen molar-refractivity contribution in [3.63, 3.8) is 0 Å². The summed E-state index contributed by atoms with van der Waals surface area (Å²) in [7, 11) is 0. The van der Waals surface area contributed by atoms with E-state index in [1.807, 2.05) is 30.3 Å². The summed E-state index contributed by atoms with van der Waals surface area (Å²) in [4.78, 5) is 12.0. The van der Waals surface area contributed by atoms with Gasteiger partial charge in [0.05, 0.1) is 13.2 Å². The number of carboxylic acids is 1. The third kappa shape index (κ3) is 3.26. The maximum Gasteiger partial charge on any atom is 0.328 e. The first-order chi connectivity index (χ1) is 10.2. The number of hydrogen-bond donors (Lipinski definition) is 2. The second kappa shape index (κ2) is 6.13. The summed E-state index contributed by atoms with van der Waals surface area (Å²) in [5.41, 5.74) is -0.273. The molecule has 0 radical (unpaired) electrons. The van der Waals surface area contributed by atoms with Crippen LogP contribution in [0.2, 0.25) is 0 Å². The third-order valence-electron chi connectivity index (χ3n) is 4.10. The molecule has 5 nitrogen and oxygen atoms in total. The van der Waals surface area contributed by atoms with Gasteiger partial charge in [-0.15, -0.1) is 0 Å². The number of carboxylic acid groups (broad SMARTS) is 1. The number of rotatable bonds is 8. The molecule has 1 aromatic carbocycles. The zero-order valence-corrected chi connectivity index (χ0v) is 12.0. The van der Waals surface area contributed by atoms with Crippen LogP contribution in [0.4, 0.5) is 0 Å². The molecule has 2 aliphatic rings. The SMILES string of the molecule is O=C(O)C(CCOC1COC1)(NC1CC1)c1ccccc1. The molecule has 21 heavy (non-hydrogen) atoms. The van der Waals surface area contributed by atoms with Gasteiger partial charge in [0, 0.05) is 19.1 Å². The highest BCUT2D eigenvalue weighted by Gasteiger charge is 2.44. The summed E-state index contributed by atoms with van der Waals surface area (Å²) in [6.45, 7) is 1.64. The molecule has 1 unspecified atom stereocenters. The first-order valence-corrected chi connectivity index (χ1v) is 7.47. The summed E-state index contributed by atoms with van der Waals surface area (Å²) in [6.07, 6.45) is 2.62. The van der Waals surface area contributed by atoms with Crippen LogP contribution >= 0.6 is 0 Å². The molecule has 5 heteroatoms. The molecule has 3 rings (SSSR count). The van der Waals surface area contributed by atoms with Gasteiger partial charge in [0.1, 0.15) is 11.6 Å². The summed E-state index contributed by atoms with van der Waals surface area (Å²) in [6, 6.07) is 9.69. The van der Waals surface area contributed by atoms with Crippen LogP contribution < -0.4 is 5.32 Å². The Bertz CT molecular complexity index is 484. The van der Waals surface area contributed by atoms with E-state index < -0.39 is 11.5 Å². The second-order valence-electron chi connectivity index (χ2n) is 5.78. The third-order valence-corrected chi connectivity index (χ3v) is 4.10. The van der Waals surface area contributed by atoms with Crippen LogP contribution in [0.1, 0.15) is 24.8 Å². The normalized spacial score (nSPS) is 21.5. The zero-order chi connectivity index (χ0) is 14.7. The Hall–Kier alpha value is -1.43. The van der Waals surface area contributed by atoms with Crippen molar-refractivity contribution in [1.82, 2.24) is 5.32 Å². The van der Waals surface area contributed by atoms with Crippen molar-refractivity contribution >= 4 is 5.97 Å². The summed E-state index contributed by atoms with van der Waals surface area (Å²) in [5, 5.41) is 13.2. The molecule has 2 fully saturated rings. The van der Waals surface area contributed by atoms with Crippen LogP contribution in [0.15, 0.2) is 30.3 Å². The van der Waals surface area contributed by atoms with Crippen LogP contribution in [-0.2, 0) is 19.8 Å². The van der Waals surface area contributed by atoms with Gasteiger partial charge in [-0.25, -0.2) is 4.79 Å². The van der Waals surface area contributed by atoms with Crippen LogP contribution in [-0.4, -0.2) is 43.0 Å². The Morgan fingerprint density at radius 2 is 2.05 bits per heavy atom. The number of hydrogen-bond acceptors (Lipinski definition) is 4. The van der Waals surface area contributed by atoms with Crippen LogP contribution in [0, 0.1) is 0 Å². The average Bonchev–Trinajstić information content (AvgIpc) is 3.25. The Morgan fingerprint density at radius 1 is 1.33 bits per heavy atom. The van der Waals surface area contributed by atoms with Gasteiger partial charge < -0.3 is 14.6 Å². The highest BCUT2D eigenvalue weighted by Crippen LogP contribution is 2.32. The van der Waals surface area contributed by atoms with E-state index in [4.69, 9.17) is 9.47 Å². The average molecular weight is 291 g/mol. The Balaban J connectivity index is 1.75. The minimum Gasteiger partial charge on any atom is -0.480 e. The quantitative estimate of drug-likeness (QED) is 0.760. The first kappa shape index (κ1) is 14.5. The molecular formula is C16H21NO4. The topological polar surface area (TPSA) is 67.8 Å². The van der Waals surface area contributed by atoms with Crippen LogP contribution in [0.3, 0.4) is 0 Å². The summed E-state index contributed by atoms with van der Waals surface area (Å²) >= 11 is 0. The first-order valence-electron chi connectivity index (χ1n) is 7.47. The van der Waals surface area contributed by atoms with Crippen molar-refractivity contribution in [3.8, 4) is 0 Å². The minimum atomic E-state index is -1.06. The Labute approximate surface area is 124 Å². The largest absolute Gasteiger partial charge is 0.480 e. The van der Waals surface area contributed by atoms with Crippen molar-refractivity contribution < 1.29 is 19.4 Å². The van der Waals surface area contributed by atoms with E-state index in [-0.39, 0.29) is 6.10 Å². The lowest BCUT2D eigenvalue weighted by Gasteiger charge is -2.33. The Kier molecular flexibility index (Phi) is 4.24. The maximum absolute atomic E-state index is 12.0. The molecule has 0 amide bonds. The van der Waals surface area contributed by atoms with Crippen molar-refractivity contribution in [1.29, 1.82) is 0 Å². The van der Waals surface area contributed by atoms with E-state index in [2.05, 4.69) is 5.32 Å². The number of ether oxygens (including phenoxy) is 2. The van der Waals surface area contributed by atoms with Crippen molar-refractivity contribution in [3.05, 3.63) is 35.9 Å². The fourth-order valence-corrected chi connectivity index (χ4v) is 2.58. The maximum atomic E-state index is 12.0. The van der Waals surface area contributed by atoms with Gasteiger partial charge >= 0.3 is 5.97 Å². The van der Waals surface area contributed by atoms with E-state index in [0.29, 0.717) is 32.3 Å². The Morgan fingerprint density at radius 3 is 2.57 bits per heavy atom. The van der Waals surface area contributed by atoms with Gasteiger partial charge in [-0.1, -0.05) is 30.3 Å². The van der Waals surface area contributed by atoms with Crippen molar-refractivity contribution in [2.45, 2.75) is 36.9 Å². The highest BCUT2D eigenvalue weighted by molar-refractivity contribution is 5.81. The lowest BCUT2D eigenvalue weighted by atomic mass is 9.86. The van der Waals surface area contributed by atoms with Gasteiger partial charge in [0.15, 0.2) is 0 Å². The van der Waals surface area contributed by atoms with Gasteiger partial charge in [0.25, 0.3) is 0 Å². The fourth-order valence-electron chi connectivity index (χ4n) is 2.58.